The lowest BCUT2D eigenvalue weighted by molar-refractivity contribution is 0.601. The van der Waals surface area contributed by atoms with Gasteiger partial charge in [0.25, 0.3) is 10.0 Å². The van der Waals surface area contributed by atoms with Crippen LogP contribution in [0.3, 0.4) is 0 Å². The Kier molecular flexibility index (Phi) is 3.22. The van der Waals surface area contributed by atoms with Crippen LogP contribution in [0.1, 0.15) is 11.1 Å². The highest BCUT2D eigenvalue weighted by molar-refractivity contribution is 7.93. The molecule has 0 saturated carbocycles. The number of hydrogen-bond donors (Lipinski definition) is 2. The molecule has 6 nitrogen and oxygen atoms in total. The Morgan fingerprint density at radius 1 is 1.28 bits per heavy atom. The zero-order valence-corrected chi connectivity index (χ0v) is 11.5. The highest BCUT2D eigenvalue weighted by atomic mass is 32.2. The number of rotatable bonds is 3. The second kappa shape index (κ2) is 4.54. The van der Waals surface area contributed by atoms with Gasteiger partial charge in [0.1, 0.15) is 9.90 Å². The zero-order chi connectivity index (χ0) is 13.3. The molecular formula is C10H12N4O2S2. The number of aryl methyl sites for hydroxylation is 2. The van der Waals surface area contributed by atoms with Crippen molar-refractivity contribution >= 4 is 32.2 Å². The molecule has 0 fully saturated rings. The summed E-state index contributed by atoms with van der Waals surface area (Å²) in [5.74, 6) is 0. The summed E-state index contributed by atoms with van der Waals surface area (Å²) < 4.78 is 30.5. The van der Waals surface area contributed by atoms with Gasteiger partial charge in [-0.1, -0.05) is 16.6 Å². The number of nitrogens with two attached hydrogens (primary N) is 1. The minimum atomic E-state index is -3.71. The van der Waals surface area contributed by atoms with Crippen LogP contribution in [0.5, 0.6) is 0 Å². The van der Waals surface area contributed by atoms with E-state index >= 15 is 0 Å². The van der Waals surface area contributed by atoms with E-state index in [1.54, 1.807) is 26.0 Å². The first-order valence-electron chi connectivity index (χ1n) is 5.07. The third-order valence-corrected chi connectivity index (χ3v) is 4.75. The van der Waals surface area contributed by atoms with Gasteiger partial charge in [0.2, 0.25) is 0 Å². The highest BCUT2D eigenvalue weighted by Crippen LogP contribution is 2.28. The van der Waals surface area contributed by atoms with E-state index < -0.39 is 10.0 Å². The molecule has 1 aromatic carbocycles. The number of nitrogens with zero attached hydrogens (tertiary/aromatic N) is 2. The lowest BCUT2D eigenvalue weighted by Crippen LogP contribution is -2.16. The van der Waals surface area contributed by atoms with Gasteiger partial charge in [0.15, 0.2) is 0 Å². The fourth-order valence-corrected chi connectivity index (χ4v) is 3.68. The standard InChI is InChI=1S/C10H12N4O2S2/c1-6-3-4-7(2)10(9(6)11)18(15,16)13-8-5-12-14-17-8/h3-5,13H,11H2,1-2H3. The fourth-order valence-electron chi connectivity index (χ4n) is 1.56. The van der Waals surface area contributed by atoms with Gasteiger partial charge in [-0.15, -0.1) is 5.10 Å². The quantitative estimate of drug-likeness (QED) is 0.833. The van der Waals surface area contributed by atoms with Gasteiger partial charge in [-0.05, 0) is 25.0 Å². The molecule has 2 rings (SSSR count). The van der Waals surface area contributed by atoms with Crippen molar-refractivity contribution in [3.63, 3.8) is 0 Å². The fraction of sp³-hybridized carbons (Fsp3) is 0.200. The van der Waals surface area contributed by atoms with Crippen molar-refractivity contribution in [2.24, 2.45) is 0 Å². The van der Waals surface area contributed by atoms with Gasteiger partial charge in [0.05, 0.1) is 11.9 Å². The first-order valence-corrected chi connectivity index (χ1v) is 7.33. The summed E-state index contributed by atoms with van der Waals surface area (Å²) in [6.07, 6.45) is 1.35. The van der Waals surface area contributed by atoms with E-state index in [1.807, 2.05) is 0 Å². The van der Waals surface area contributed by atoms with Crippen molar-refractivity contribution in [2.75, 3.05) is 10.5 Å². The Bertz CT molecular complexity index is 665. The predicted molar refractivity (Wildman–Crippen MR) is 71.0 cm³/mol. The van der Waals surface area contributed by atoms with Crippen LogP contribution in [-0.4, -0.2) is 18.0 Å². The smallest absolute Gasteiger partial charge is 0.264 e. The summed E-state index contributed by atoms with van der Waals surface area (Å²) >= 11 is 0.968. The van der Waals surface area contributed by atoms with E-state index in [1.165, 1.54) is 6.20 Å². The van der Waals surface area contributed by atoms with Gasteiger partial charge < -0.3 is 5.73 Å². The second-order valence-corrected chi connectivity index (χ2v) is 6.23. The number of aromatic nitrogens is 2. The summed E-state index contributed by atoms with van der Waals surface area (Å²) in [6.45, 7) is 3.47. The third-order valence-electron chi connectivity index (χ3n) is 2.48. The van der Waals surface area contributed by atoms with Crippen molar-refractivity contribution in [1.29, 1.82) is 0 Å². The van der Waals surface area contributed by atoms with Crippen LogP contribution in [-0.2, 0) is 10.0 Å². The largest absolute Gasteiger partial charge is 0.397 e. The van der Waals surface area contributed by atoms with Crippen molar-refractivity contribution in [2.45, 2.75) is 18.7 Å². The molecule has 2 aromatic rings. The van der Waals surface area contributed by atoms with Crippen LogP contribution in [0.2, 0.25) is 0 Å². The maximum atomic E-state index is 12.3. The number of benzene rings is 1. The normalized spacial score (nSPS) is 11.4. The molecule has 0 saturated heterocycles. The van der Waals surface area contributed by atoms with E-state index in [0.29, 0.717) is 10.6 Å². The summed E-state index contributed by atoms with van der Waals surface area (Å²) in [5.41, 5.74) is 7.44. The van der Waals surface area contributed by atoms with E-state index in [9.17, 15) is 8.42 Å². The lowest BCUT2D eigenvalue weighted by atomic mass is 10.1. The molecule has 0 bridgehead atoms. The molecular weight excluding hydrogens is 272 g/mol. The molecule has 1 heterocycles. The number of hydrogen-bond acceptors (Lipinski definition) is 6. The Hall–Kier alpha value is -1.67. The van der Waals surface area contributed by atoms with Crippen molar-refractivity contribution in [1.82, 2.24) is 9.59 Å². The first-order chi connectivity index (χ1) is 8.42. The topological polar surface area (TPSA) is 98.0 Å². The minimum Gasteiger partial charge on any atom is -0.397 e. The van der Waals surface area contributed by atoms with Gasteiger partial charge in [-0.3, -0.25) is 4.72 Å². The maximum Gasteiger partial charge on any atom is 0.264 e. The monoisotopic (exact) mass is 284 g/mol. The molecule has 0 amide bonds. The number of anilines is 2. The van der Waals surface area contributed by atoms with Crippen molar-refractivity contribution in [3.05, 3.63) is 29.5 Å². The van der Waals surface area contributed by atoms with Crippen LogP contribution in [0, 0.1) is 13.8 Å². The predicted octanol–water partition coefficient (Wildman–Crippen LogP) is 1.54. The molecule has 0 aliphatic carbocycles. The van der Waals surface area contributed by atoms with Crippen LogP contribution in [0.15, 0.2) is 23.2 Å². The zero-order valence-electron chi connectivity index (χ0n) is 9.84. The molecule has 96 valence electrons. The number of nitrogen functional groups attached to an aromatic ring is 1. The van der Waals surface area contributed by atoms with E-state index in [-0.39, 0.29) is 10.6 Å². The van der Waals surface area contributed by atoms with Crippen LogP contribution < -0.4 is 10.5 Å². The summed E-state index contributed by atoms with van der Waals surface area (Å²) in [4.78, 5) is 0.107. The minimum absolute atomic E-state index is 0.107. The average Bonchev–Trinajstić information content (AvgIpc) is 2.75. The van der Waals surface area contributed by atoms with E-state index in [4.69, 9.17) is 5.73 Å². The van der Waals surface area contributed by atoms with Gasteiger partial charge in [-0.25, -0.2) is 8.42 Å². The molecule has 0 radical (unpaired) electrons. The van der Waals surface area contributed by atoms with E-state index in [2.05, 4.69) is 14.3 Å². The third kappa shape index (κ3) is 2.29. The van der Waals surface area contributed by atoms with Gasteiger partial charge >= 0.3 is 0 Å². The molecule has 0 spiro atoms. The summed E-state index contributed by atoms with van der Waals surface area (Å²) in [5, 5.41) is 3.93. The second-order valence-electron chi connectivity index (χ2n) is 3.83. The molecule has 0 unspecified atom stereocenters. The average molecular weight is 284 g/mol. The van der Waals surface area contributed by atoms with Gasteiger partial charge in [0, 0.05) is 11.5 Å². The highest BCUT2D eigenvalue weighted by Gasteiger charge is 2.22. The van der Waals surface area contributed by atoms with E-state index in [0.717, 1.165) is 17.1 Å². The Balaban J connectivity index is 2.51. The Labute approximate surface area is 109 Å². The van der Waals surface area contributed by atoms with Gasteiger partial charge in [-0.2, -0.15) is 0 Å². The lowest BCUT2D eigenvalue weighted by Gasteiger charge is -2.12. The molecule has 1 aromatic heterocycles. The maximum absolute atomic E-state index is 12.3. The SMILES string of the molecule is Cc1ccc(C)c(S(=O)(=O)Nc2cnns2)c1N. The summed E-state index contributed by atoms with van der Waals surface area (Å²) in [6, 6.07) is 3.52. The Morgan fingerprint density at radius 3 is 2.56 bits per heavy atom. The van der Waals surface area contributed by atoms with Crippen LogP contribution >= 0.6 is 11.5 Å². The van der Waals surface area contributed by atoms with Crippen molar-refractivity contribution in [3.8, 4) is 0 Å². The summed E-state index contributed by atoms with van der Waals surface area (Å²) in [7, 11) is -3.71. The molecule has 3 N–H and O–H groups in total. The molecule has 0 aliphatic rings. The molecule has 0 atom stereocenters. The Morgan fingerprint density at radius 2 is 1.94 bits per heavy atom. The number of nitrogens with one attached hydrogen (secondary N) is 1. The van der Waals surface area contributed by atoms with Crippen molar-refractivity contribution < 1.29 is 8.42 Å². The first kappa shape index (κ1) is 12.8. The number of sulfonamides is 1. The van der Waals surface area contributed by atoms with Crippen LogP contribution in [0.25, 0.3) is 0 Å². The molecule has 0 aliphatic heterocycles. The molecule has 8 heteroatoms. The molecule has 18 heavy (non-hydrogen) atoms. The van der Waals surface area contributed by atoms with Crippen LogP contribution in [0.4, 0.5) is 10.7 Å².